The molecule has 22 heavy (non-hydrogen) atoms. The number of benzene rings is 1. The molecule has 1 aromatic carbocycles. The molecule has 0 unspecified atom stereocenters. The van der Waals surface area contributed by atoms with Crippen molar-refractivity contribution in [2.75, 3.05) is 51.7 Å². The van der Waals surface area contributed by atoms with Crippen LogP contribution in [-0.2, 0) is 4.79 Å². The molecule has 1 N–H and O–H groups in total. The maximum absolute atomic E-state index is 12.5. The summed E-state index contributed by atoms with van der Waals surface area (Å²) in [6.45, 7) is 3.43. The highest BCUT2D eigenvalue weighted by atomic mass is 16.2. The summed E-state index contributed by atoms with van der Waals surface area (Å²) in [7, 11) is 3.93. The second-order valence-corrected chi connectivity index (χ2v) is 6.13. The topological polar surface area (TPSA) is 55.9 Å². The lowest BCUT2D eigenvalue weighted by Gasteiger charge is -2.46. The Morgan fingerprint density at radius 3 is 2.77 bits per heavy atom. The molecule has 0 radical (unpaired) electrons. The molecular weight excluding hydrogens is 280 g/mol. The molecule has 3 rings (SSSR count). The van der Waals surface area contributed by atoms with Gasteiger partial charge in [-0.25, -0.2) is 0 Å². The van der Waals surface area contributed by atoms with Crippen molar-refractivity contribution in [3.05, 3.63) is 29.8 Å². The van der Waals surface area contributed by atoms with E-state index in [0.29, 0.717) is 32.2 Å². The van der Waals surface area contributed by atoms with Crippen LogP contribution in [0.1, 0.15) is 10.4 Å². The van der Waals surface area contributed by atoms with Crippen molar-refractivity contribution < 1.29 is 9.59 Å². The fourth-order valence-electron chi connectivity index (χ4n) is 2.92. The molecule has 6 heteroatoms. The third kappa shape index (κ3) is 2.92. The summed E-state index contributed by atoms with van der Waals surface area (Å²) in [6, 6.07) is 7.99. The number of rotatable bonds is 3. The summed E-state index contributed by atoms with van der Waals surface area (Å²) >= 11 is 0. The first-order valence-corrected chi connectivity index (χ1v) is 7.62. The van der Waals surface area contributed by atoms with E-state index in [1.54, 1.807) is 0 Å². The normalized spacial score (nSPS) is 19.5. The lowest BCUT2D eigenvalue weighted by atomic mass is 10.0. The van der Waals surface area contributed by atoms with Gasteiger partial charge in [0.25, 0.3) is 5.91 Å². The maximum atomic E-state index is 12.5. The van der Waals surface area contributed by atoms with Gasteiger partial charge in [0.1, 0.15) is 0 Å². The highest BCUT2D eigenvalue weighted by Crippen LogP contribution is 2.21. The van der Waals surface area contributed by atoms with Crippen LogP contribution < -0.4 is 10.2 Å². The fraction of sp³-hybridized carbons (Fsp3) is 0.500. The Bertz CT molecular complexity index is 581. The summed E-state index contributed by atoms with van der Waals surface area (Å²) in [5, 5.41) is 2.83. The average Bonchev–Trinajstić information content (AvgIpc) is 2.46. The quantitative estimate of drug-likeness (QED) is 0.854. The molecular formula is C16H22N4O2. The van der Waals surface area contributed by atoms with Crippen molar-refractivity contribution >= 4 is 17.5 Å². The number of piperazine rings is 1. The molecule has 0 bridgehead atoms. The molecule has 0 saturated carbocycles. The number of amides is 2. The van der Waals surface area contributed by atoms with E-state index in [1.807, 2.05) is 48.2 Å². The number of nitrogens with zero attached hydrogens (tertiary/aromatic N) is 3. The number of nitrogens with one attached hydrogen (secondary N) is 1. The van der Waals surface area contributed by atoms with E-state index in [2.05, 4.69) is 10.2 Å². The zero-order valence-electron chi connectivity index (χ0n) is 13.1. The molecule has 1 aromatic rings. The average molecular weight is 302 g/mol. The van der Waals surface area contributed by atoms with E-state index < -0.39 is 0 Å². The highest BCUT2D eigenvalue weighted by Gasteiger charge is 2.36. The van der Waals surface area contributed by atoms with Gasteiger partial charge >= 0.3 is 0 Å². The maximum Gasteiger partial charge on any atom is 0.254 e. The van der Waals surface area contributed by atoms with Crippen LogP contribution in [0.5, 0.6) is 0 Å². The van der Waals surface area contributed by atoms with Crippen LogP contribution in [0.3, 0.4) is 0 Å². The van der Waals surface area contributed by atoms with Gasteiger partial charge in [-0.3, -0.25) is 14.5 Å². The van der Waals surface area contributed by atoms with Gasteiger partial charge in [0, 0.05) is 57.6 Å². The summed E-state index contributed by atoms with van der Waals surface area (Å²) in [4.78, 5) is 29.9. The molecule has 2 saturated heterocycles. The van der Waals surface area contributed by atoms with Crippen molar-refractivity contribution in [1.29, 1.82) is 0 Å². The molecule has 2 fully saturated rings. The van der Waals surface area contributed by atoms with Crippen molar-refractivity contribution in [3.8, 4) is 0 Å². The molecule has 0 aromatic heterocycles. The Morgan fingerprint density at radius 2 is 2.09 bits per heavy atom. The van der Waals surface area contributed by atoms with E-state index in [-0.39, 0.29) is 11.8 Å². The molecule has 2 aliphatic heterocycles. The standard InChI is InChI=1S/C16H22N4O2/c1-18(2)13-5-3-4-12(8-13)16(22)20-9-14(10-20)19-7-6-17-15(21)11-19/h3-5,8,14H,6-7,9-11H2,1-2H3,(H,17,21). The minimum atomic E-state index is 0.0708. The minimum absolute atomic E-state index is 0.0708. The van der Waals surface area contributed by atoms with Crippen LogP contribution in [0.15, 0.2) is 24.3 Å². The summed E-state index contributed by atoms with van der Waals surface area (Å²) in [6.07, 6.45) is 0. The van der Waals surface area contributed by atoms with Gasteiger partial charge in [-0.15, -0.1) is 0 Å². The molecule has 6 nitrogen and oxygen atoms in total. The summed E-state index contributed by atoms with van der Waals surface area (Å²) < 4.78 is 0. The number of anilines is 1. The van der Waals surface area contributed by atoms with Crippen molar-refractivity contribution in [2.45, 2.75) is 6.04 Å². The van der Waals surface area contributed by atoms with Gasteiger partial charge in [-0.1, -0.05) is 6.07 Å². The van der Waals surface area contributed by atoms with E-state index in [9.17, 15) is 9.59 Å². The number of hydrogen-bond donors (Lipinski definition) is 1. The Kier molecular flexibility index (Phi) is 4.02. The first-order valence-electron chi connectivity index (χ1n) is 7.62. The third-order valence-corrected chi connectivity index (χ3v) is 4.34. The Morgan fingerprint density at radius 1 is 1.32 bits per heavy atom. The number of hydrogen-bond acceptors (Lipinski definition) is 4. The second kappa shape index (κ2) is 5.96. The minimum Gasteiger partial charge on any atom is -0.378 e. The van der Waals surface area contributed by atoms with Gasteiger partial charge in [0.05, 0.1) is 6.54 Å². The van der Waals surface area contributed by atoms with Gasteiger partial charge < -0.3 is 15.1 Å². The van der Waals surface area contributed by atoms with Crippen molar-refractivity contribution in [3.63, 3.8) is 0 Å². The smallest absolute Gasteiger partial charge is 0.254 e. The van der Waals surface area contributed by atoms with Crippen LogP contribution in [0.2, 0.25) is 0 Å². The lowest BCUT2D eigenvalue weighted by Crippen LogP contribution is -2.64. The predicted molar refractivity (Wildman–Crippen MR) is 85.0 cm³/mol. The van der Waals surface area contributed by atoms with Gasteiger partial charge in [-0.05, 0) is 18.2 Å². The number of likely N-dealkylation sites (tertiary alicyclic amines) is 1. The fourth-order valence-corrected chi connectivity index (χ4v) is 2.92. The monoisotopic (exact) mass is 302 g/mol. The van der Waals surface area contributed by atoms with Crippen LogP contribution in [0.25, 0.3) is 0 Å². The van der Waals surface area contributed by atoms with Gasteiger partial charge in [-0.2, -0.15) is 0 Å². The molecule has 2 heterocycles. The van der Waals surface area contributed by atoms with Gasteiger partial charge in [0.15, 0.2) is 0 Å². The highest BCUT2D eigenvalue weighted by molar-refractivity contribution is 5.95. The zero-order chi connectivity index (χ0) is 15.7. The third-order valence-electron chi connectivity index (χ3n) is 4.34. The molecule has 0 atom stereocenters. The molecule has 0 aliphatic carbocycles. The first kappa shape index (κ1) is 14.8. The van der Waals surface area contributed by atoms with E-state index >= 15 is 0 Å². The van der Waals surface area contributed by atoms with Crippen LogP contribution in [0, 0.1) is 0 Å². The van der Waals surface area contributed by atoms with Crippen molar-refractivity contribution in [2.24, 2.45) is 0 Å². The van der Waals surface area contributed by atoms with Crippen LogP contribution in [0.4, 0.5) is 5.69 Å². The summed E-state index contributed by atoms with van der Waals surface area (Å²) in [5.41, 5.74) is 1.75. The van der Waals surface area contributed by atoms with Crippen LogP contribution in [-0.4, -0.2) is 74.5 Å². The van der Waals surface area contributed by atoms with E-state index in [1.165, 1.54) is 0 Å². The summed E-state index contributed by atoms with van der Waals surface area (Å²) in [5.74, 6) is 0.149. The molecule has 118 valence electrons. The SMILES string of the molecule is CN(C)c1cccc(C(=O)N2CC(N3CCNC(=O)C3)C2)c1. The Hall–Kier alpha value is -2.08. The first-order chi connectivity index (χ1) is 10.5. The number of carbonyl (C=O) groups excluding carboxylic acids is 2. The van der Waals surface area contributed by atoms with Crippen LogP contribution >= 0.6 is 0 Å². The largest absolute Gasteiger partial charge is 0.378 e. The molecule has 2 aliphatic rings. The number of carbonyl (C=O) groups is 2. The Labute approximate surface area is 130 Å². The van der Waals surface area contributed by atoms with E-state index in [4.69, 9.17) is 0 Å². The molecule has 0 spiro atoms. The zero-order valence-corrected chi connectivity index (χ0v) is 13.1. The molecule has 2 amide bonds. The lowest BCUT2D eigenvalue weighted by molar-refractivity contribution is -0.126. The van der Waals surface area contributed by atoms with Gasteiger partial charge in [0.2, 0.25) is 5.91 Å². The van der Waals surface area contributed by atoms with E-state index in [0.717, 1.165) is 17.8 Å². The predicted octanol–water partition coefficient (Wildman–Crippen LogP) is 0.00880. The van der Waals surface area contributed by atoms with Crippen molar-refractivity contribution in [1.82, 2.24) is 15.1 Å². The second-order valence-electron chi connectivity index (χ2n) is 6.13. The Balaban J connectivity index is 1.59.